The van der Waals surface area contributed by atoms with Crippen LogP contribution in [0.15, 0.2) is 42.6 Å². The molecule has 0 fully saturated rings. The molecule has 7 nitrogen and oxygen atoms in total. The van der Waals surface area contributed by atoms with E-state index in [2.05, 4.69) is 37.9 Å². The summed E-state index contributed by atoms with van der Waals surface area (Å²) < 4.78 is 4.89. The molecule has 7 heteroatoms. The molecule has 0 radical (unpaired) electrons. The van der Waals surface area contributed by atoms with Gasteiger partial charge in [-0.05, 0) is 30.2 Å². The van der Waals surface area contributed by atoms with Gasteiger partial charge in [-0.25, -0.2) is 0 Å². The molecule has 3 rings (SSSR count). The number of carbonyl (C=O) groups is 1. The van der Waals surface area contributed by atoms with Crippen molar-refractivity contribution in [1.82, 2.24) is 20.5 Å². The first-order valence-corrected chi connectivity index (χ1v) is 8.17. The van der Waals surface area contributed by atoms with Gasteiger partial charge in [0.15, 0.2) is 5.69 Å². The molecule has 0 unspecified atom stereocenters. The number of hydrogen-bond acceptors (Lipinski definition) is 5. The lowest BCUT2D eigenvalue weighted by molar-refractivity contribution is 0.0931. The molecule has 0 atom stereocenters. The number of anilines is 1. The minimum atomic E-state index is -0.255. The molecular weight excluding hydrogens is 318 g/mol. The molecule has 25 heavy (non-hydrogen) atoms. The summed E-state index contributed by atoms with van der Waals surface area (Å²) >= 11 is 0. The van der Waals surface area contributed by atoms with E-state index in [0.717, 1.165) is 18.5 Å². The van der Waals surface area contributed by atoms with Gasteiger partial charge in [-0.3, -0.25) is 4.79 Å². The molecule has 0 bridgehead atoms. The van der Waals surface area contributed by atoms with Crippen molar-refractivity contribution in [3.63, 3.8) is 0 Å². The molecule has 0 spiro atoms. The molecule has 0 aliphatic heterocycles. The van der Waals surface area contributed by atoms with E-state index in [1.165, 1.54) is 10.9 Å². The molecule has 2 aromatic heterocycles. The van der Waals surface area contributed by atoms with Gasteiger partial charge in [0.25, 0.3) is 5.91 Å². The molecule has 3 N–H and O–H groups in total. The Labute approximate surface area is 145 Å². The third-order valence-corrected chi connectivity index (χ3v) is 3.86. The van der Waals surface area contributed by atoms with E-state index >= 15 is 0 Å². The molecule has 0 aliphatic rings. The Morgan fingerprint density at radius 2 is 2.04 bits per heavy atom. The van der Waals surface area contributed by atoms with Crippen molar-refractivity contribution in [2.24, 2.45) is 0 Å². The minimum absolute atomic E-state index is 0.255. The van der Waals surface area contributed by atoms with Gasteiger partial charge in [0.05, 0.1) is 6.61 Å². The van der Waals surface area contributed by atoms with Crippen LogP contribution in [-0.4, -0.2) is 47.9 Å². The van der Waals surface area contributed by atoms with Gasteiger partial charge in [0.2, 0.25) is 0 Å². The molecule has 0 saturated heterocycles. The maximum absolute atomic E-state index is 11.8. The standard InChI is InChI=1S/C18H21N5O2/c1-25-11-10-20-18(24)16-6-7-17(23-22-16)19-9-8-13-12-21-15-5-3-2-4-14(13)15/h2-7,12,21H,8-11H2,1H3,(H,19,23)(H,20,24). The predicted molar refractivity (Wildman–Crippen MR) is 96.7 cm³/mol. The van der Waals surface area contributed by atoms with E-state index in [4.69, 9.17) is 4.74 Å². The maximum atomic E-state index is 11.8. The Bertz CT molecular complexity index is 829. The van der Waals surface area contributed by atoms with E-state index in [1.807, 2.05) is 18.3 Å². The van der Waals surface area contributed by atoms with Crippen molar-refractivity contribution in [3.05, 3.63) is 53.9 Å². The minimum Gasteiger partial charge on any atom is -0.383 e. The zero-order valence-corrected chi connectivity index (χ0v) is 14.1. The monoisotopic (exact) mass is 339 g/mol. The van der Waals surface area contributed by atoms with Crippen LogP contribution in [0.25, 0.3) is 10.9 Å². The lowest BCUT2D eigenvalue weighted by Crippen LogP contribution is -2.28. The quantitative estimate of drug-likeness (QED) is 0.546. The molecule has 1 aromatic carbocycles. The number of fused-ring (bicyclic) bond motifs is 1. The molecule has 130 valence electrons. The Morgan fingerprint density at radius 1 is 1.16 bits per heavy atom. The second kappa shape index (κ2) is 8.25. The van der Waals surface area contributed by atoms with E-state index in [-0.39, 0.29) is 5.91 Å². The van der Waals surface area contributed by atoms with Crippen LogP contribution >= 0.6 is 0 Å². The third-order valence-electron chi connectivity index (χ3n) is 3.86. The first-order valence-electron chi connectivity index (χ1n) is 8.17. The van der Waals surface area contributed by atoms with Crippen molar-refractivity contribution in [3.8, 4) is 0 Å². The second-order valence-corrected chi connectivity index (χ2v) is 5.59. The number of nitrogens with zero attached hydrogens (tertiary/aromatic N) is 2. The highest BCUT2D eigenvalue weighted by Crippen LogP contribution is 2.18. The highest BCUT2D eigenvalue weighted by atomic mass is 16.5. The fourth-order valence-corrected chi connectivity index (χ4v) is 2.57. The first kappa shape index (κ1) is 16.9. The van der Waals surface area contributed by atoms with Crippen molar-refractivity contribution in [2.45, 2.75) is 6.42 Å². The summed E-state index contributed by atoms with van der Waals surface area (Å²) in [6.07, 6.45) is 2.90. The number of ether oxygens (including phenoxy) is 1. The molecule has 0 saturated carbocycles. The number of rotatable bonds is 8. The molecule has 2 heterocycles. The number of aromatic amines is 1. The van der Waals surface area contributed by atoms with Crippen LogP contribution in [0.4, 0.5) is 5.82 Å². The van der Waals surface area contributed by atoms with Crippen LogP contribution in [0.2, 0.25) is 0 Å². The largest absolute Gasteiger partial charge is 0.383 e. The van der Waals surface area contributed by atoms with E-state index < -0.39 is 0 Å². The maximum Gasteiger partial charge on any atom is 0.271 e. The van der Waals surface area contributed by atoms with Crippen LogP contribution in [0.5, 0.6) is 0 Å². The van der Waals surface area contributed by atoms with Gasteiger partial charge in [-0.1, -0.05) is 18.2 Å². The van der Waals surface area contributed by atoms with Gasteiger partial charge in [0, 0.05) is 37.3 Å². The van der Waals surface area contributed by atoms with E-state index in [1.54, 1.807) is 19.2 Å². The number of hydrogen-bond donors (Lipinski definition) is 3. The van der Waals surface area contributed by atoms with Gasteiger partial charge < -0.3 is 20.4 Å². The van der Waals surface area contributed by atoms with Crippen LogP contribution in [0.1, 0.15) is 16.1 Å². The number of nitrogens with one attached hydrogen (secondary N) is 3. The third kappa shape index (κ3) is 4.33. The topological polar surface area (TPSA) is 91.9 Å². The highest BCUT2D eigenvalue weighted by Gasteiger charge is 2.07. The lowest BCUT2D eigenvalue weighted by Gasteiger charge is -2.06. The summed E-state index contributed by atoms with van der Waals surface area (Å²) in [5.41, 5.74) is 2.68. The van der Waals surface area contributed by atoms with Crippen LogP contribution in [0.3, 0.4) is 0 Å². The second-order valence-electron chi connectivity index (χ2n) is 5.59. The Kier molecular flexibility index (Phi) is 5.58. The number of amides is 1. The first-order chi connectivity index (χ1) is 12.3. The summed E-state index contributed by atoms with van der Waals surface area (Å²) in [7, 11) is 1.59. The molecule has 3 aromatic rings. The predicted octanol–water partition coefficient (Wildman–Crippen LogP) is 1.99. The SMILES string of the molecule is COCCNC(=O)c1ccc(NCCc2c[nH]c3ccccc23)nn1. The molecule has 1 amide bonds. The Balaban J connectivity index is 1.51. The summed E-state index contributed by atoms with van der Waals surface area (Å²) in [5.74, 6) is 0.392. The normalized spacial score (nSPS) is 10.8. The van der Waals surface area contributed by atoms with Gasteiger partial charge in [-0.2, -0.15) is 0 Å². The number of H-pyrrole nitrogens is 1. The van der Waals surface area contributed by atoms with Crippen molar-refractivity contribution in [2.75, 3.05) is 32.1 Å². The van der Waals surface area contributed by atoms with Gasteiger partial charge >= 0.3 is 0 Å². The Hall–Kier alpha value is -2.93. The van der Waals surface area contributed by atoms with Gasteiger partial charge in [0.1, 0.15) is 5.82 Å². The number of benzene rings is 1. The van der Waals surface area contributed by atoms with Crippen LogP contribution < -0.4 is 10.6 Å². The van der Waals surface area contributed by atoms with Gasteiger partial charge in [-0.15, -0.1) is 10.2 Å². The summed E-state index contributed by atoms with van der Waals surface area (Å²) in [6.45, 7) is 1.64. The number of methoxy groups -OCH3 is 1. The van der Waals surface area contributed by atoms with Crippen molar-refractivity contribution < 1.29 is 9.53 Å². The smallest absolute Gasteiger partial charge is 0.271 e. The fraction of sp³-hybridized carbons (Fsp3) is 0.278. The summed E-state index contributed by atoms with van der Waals surface area (Å²) in [4.78, 5) is 15.1. The fourth-order valence-electron chi connectivity index (χ4n) is 2.57. The molecular formula is C18H21N5O2. The number of aromatic nitrogens is 3. The average molecular weight is 339 g/mol. The van der Waals surface area contributed by atoms with Crippen molar-refractivity contribution in [1.29, 1.82) is 0 Å². The summed E-state index contributed by atoms with van der Waals surface area (Å²) in [5, 5.41) is 15.2. The zero-order valence-electron chi connectivity index (χ0n) is 14.1. The van der Waals surface area contributed by atoms with Crippen LogP contribution in [-0.2, 0) is 11.2 Å². The van der Waals surface area contributed by atoms with Crippen molar-refractivity contribution >= 4 is 22.6 Å². The lowest BCUT2D eigenvalue weighted by atomic mass is 10.1. The van der Waals surface area contributed by atoms with Crippen LogP contribution in [0, 0.1) is 0 Å². The zero-order chi connectivity index (χ0) is 17.5. The highest BCUT2D eigenvalue weighted by molar-refractivity contribution is 5.92. The summed E-state index contributed by atoms with van der Waals surface area (Å²) in [6, 6.07) is 11.6. The average Bonchev–Trinajstić information content (AvgIpc) is 3.06. The van der Waals surface area contributed by atoms with E-state index in [0.29, 0.717) is 24.7 Å². The number of para-hydroxylation sites is 1. The molecule has 0 aliphatic carbocycles. The van der Waals surface area contributed by atoms with E-state index in [9.17, 15) is 4.79 Å². The number of carbonyl (C=O) groups excluding carboxylic acids is 1. The Morgan fingerprint density at radius 3 is 2.84 bits per heavy atom.